The maximum atomic E-state index is 5.21. The second kappa shape index (κ2) is 5.56. The molecule has 0 bridgehead atoms. The maximum absolute atomic E-state index is 5.21. The van der Waals surface area contributed by atoms with Crippen LogP contribution in [0, 0.1) is 0 Å². The van der Waals surface area contributed by atoms with Crippen molar-refractivity contribution in [2.75, 3.05) is 6.54 Å². The summed E-state index contributed by atoms with van der Waals surface area (Å²) < 4.78 is 0. The van der Waals surface area contributed by atoms with Gasteiger partial charge in [0.25, 0.3) is 0 Å². The Bertz CT molecular complexity index is 19.5. The van der Waals surface area contributed by atoms with Crippen molar-refractivity contribution in [3.8, 4) is 0 Å². The van der Waals surface area contributed by atoms with Gasteiger partial charge in [-0.3, -0.25) is 0 Å². The Morgan fingerprint density at radius 1 is 1.33 bits per heavy atom. The Morgan fingerprint density at radius 3 is 2.17 bits per heavy atom. The van der Waals surface area contributed by atoms with E-state index in [0.717, 1.165) is 6.54 Å². The molecule has 2 heteroatoms. The van der Waals surface area contributed by atoms with Gasteiger partial charge in [0.1, 0.15) is 0 Å². The number of hydrogen-bond acceptors (Lipinski definition) is 1. The zero-order valence-electron chi connectivity index (χ0n) is 4.41. The molecule has 0 aromatic carbocycles. The van der Waals surface area contributed by atoms with Crippen molar-refractivity contribution < 1.29 is 0 Å². The zero-order valence-corrected chi connectivity index (χ0v) is 4.41. The third-order valence-corrected chi connectivity index (χ3v) is 0.808. The van der Waals surface area contributed by atoms with Crippen molar-refractivity contribution in [2.45, 2.75) is 17.9 Å². The number of nitrogens with two attached hydrogens (primary N) is 1. The normalized spacial score (nSPS) is 9.17. The van der Waals surface area contributed by atoms with Gasteiger partial charge < -0.3 is 0 Å². The monoisotopic (exact) mass is 79.1 g/mol. The first-order valence-corrected chi connectivity index (χ1v) is 2.62. The van der Waals surface area contributed by atoms with E-state index in [1.807, 2.05) is 0 Å². The molecule has 0 aliphatic heterocycles. The number of rotatable bonds is 3. The molecule has 0 fully saturated rings. The van der Waals surface area contributed by atoms with Gasteiger partial charge in [-0.1, -0.05) is 0 Å². The van der Waals surface area contributed by atoms with Crippen molar-refractivity contribution in [1.82, 2.24) is 0 Å². The fourth-order valence-corrected chi connectivity index (χ4v) is 0.394. The summed E-state index contributed by atoms with van der Waals surface area (Å²) in [6.45, 7) is 0.855. The Morgan fingerprint density at radius 2 is 2.00 bits per heavy atom. The summed E-state index contributed by atoms with van der Waals surface area (Å²) in [4.78, 5) is 0. The van der Waals surface area contributed by atoms with Gasteiger partial charge in [0.05, 0.1) is 0 Å². The van der Waals surface area contributed by atoms with Crippen LogP contribution in [0.25, 0.3) is 0 Å². The van der Waals surface area contributed by atoms with Crippen molar-refractivity contribution in [3.63, 3.8) is 0 Å². The van der Waals surface area contributed by atoms with E-state index >= 15 is 0 Å². The summed E-state index contributed by atoms with van der Waals surface area (Å²) in [7, 11) is 0. The summed E-state index contributed by atoms with van der Waals surface area (Å²) in [6.07, 6.45) is 2.48. The Kier molecular flexibility index (Phi) is 6.07. The van der Waals surface area contributed by atoms with E-state index in [4.69, 9.17) is 5.73 Å². The van der Waals surface area contributed by atoms with Gasteiger partial charge in [-0.25, -0.2) is 0 Å². The van der Waals surface area contributed by atoms with Crippen LogP contribution in [-0.4, -0.2) is 24.3 Å². The molecule has 0 saturated carbocycles. The predicted molar refractivity (Wildman–Crippen MR) is 28.8 cm³/mol. The first kappa shape index (κ1) is 6.56. The van der Waals surface area contributed by atoms with Gasteiger partial charge in [-0.2, -0.15) is 0 Å². The van der Waals surface area contributed by atoms with Crippen molar-refractivity contribution in [1.29, 1.82) is 0 Å². The quantitative estimate of drug-likeness (QED) is 0.382. The van der Waals surface area contributed by atoms with Crippen LogP contribution in [0.15, 0.2) is 0 Å². The van der Waals surface area contributed by atoms with Crippen molar-refractivity contribution in [2.24, 2.45) is 5.73 Å². The Balaban J connectivity index is 2.34. The molecule has 0 unspecified atom stereocenters. The van der Waals surface area contributed by atoms with Gasteiger partial charge >= 0.3 is 47.9 Å². The molecule has 0 aliphatic rings. The third-order valence-electron chi connectivity index (χ3n) is 0.808. The van der Waals surface area contributed by atoms with Gasteiger partial charge in [0, 0.05) is 0 Å². The fraction of sp³-hybridized carbons (Fsp3) is 1.00. The molecule has 1 nitrogen and oxygen atoms in total. The van der Waals surface area contributed by atoms with Crippen LogP contribution in [0.4, 0.5) is 0 Å². The Hall–Kier alpha value is 0.557. The SMILES string of the molecule is [Li][CH2]CCCN. The fourth-order valence-electron chi connectivity index (χ4n) is 0.394. The molecule has 0 aliphatic carbocycles. The van der Waals surface area contributed by atoms with Crippen LogP contribution < -0.4 is 5.73 Å². The molecule has 0 saturated heterocycles. The van der Waals surface area contributed by atoms with E-state index in [0.29, 0.717) is 0 Å². The van der Waals surface area contributed by atoms with Crippen LogP contribution in [0.1, 0.15) is 12.8 Å². The second-order valence-electron chi connectivity index (χ2n) is 1.50. The molecule has 0 spiro atoms. The molecule has 0 amide bonds. The molecule has 0 heterocycles. The first-order chi connectivity index (χ1) is 2.91. The van der Waals surface area contributed by atoms with E-state index in [2.05, 4.69) is 17.7 Å². The molecular weight excluding hydrogens is 69.0 g/mol. The minimum absolute atomic E-state index is 0.855. The van der Waals surface area contributed by atoms with Crippen molar-refractivity contribution in [3.05, 3.63) is 0 Å². The van der Waals surface area contributed by atoms with Crippen LogP contribution in [-0.2, 0) is 0 Å². The summed E-state index contributed by atoms with van der Waals surface area (Å²) in [5.74, 6) is 0. The molecule has 0 aromatic heterocycles. The average molecular weight is 79.1 g/mol. The van der Waals surface area contributed by atoms with Gasteiger partial charge in [-0.05, 0) is 0 Å². The van der Waals surface area contributed by atoms with Gasteiger partial charge in [0.15, 0.2) is 0 Å². The van der Waals surface area contributed by atoms with Crippen LogP contribution in [0.5, 0.6) is 0 Å². The molecular formula is C4H10LiN. The third kappa shape index (κ3) is 4.56. The standard InChI is InChI=1S/C4H10N.Li/c1-2-3-4-5;/h1-5H2;. The van der Waals surface area contributed by atoms with E-state index < -0.39 is 0 Å². The van der Waals surface area contributed by atoms with E-state index in [-0.39, 0.29) is 0 Å². The van der Waals surface area contributed by atoms with Crippen LogP contribution in [0.3, 0.4) is 0 Å². The molecule has 0 atom stereocenters. The average Bonchev–Trinajstić information content (AvgIpc) is 1.61. The number of unbranched alkanes of at least 4 members (excludes halogenated alkanes) is 1. The topological polar surface area (TPSA) is 26.0 Å². The first-order valence-electron chi connectivity index (χ1n) is 2.62. The van der Waals surface area contributed by atoms with E-state index in [1.54, 1.807) is 0 Å². The molecule has 6 heavy (non-hydrogen) atoms. The molecule has 0 radical (unpaired) electrons. The molecule has 2 N–H and O–H groups in total. The predicted octanol–water partition coefficient (Wildman–Crippen LogP) is 0.312. The van der Waals surface area contributed by atoms with Crippen molar-refractivity contribution >= 4 is 17.7 Å². The second-order valence-corrected chi connectivity index (χ2v) is 1.50. The van der Waals surface area contributed by atoms with Crippen LogP contribution in [0.2, 0.25) is 5.09 Å². The Labute approximate surface area is 48.5 Å². The summed E-state index contributed by atoms with van der Waals surface area (Å²) in [6, 6.07) is 0. The molecule has 32 valence electrons. The van der Waals surface area contributed by atoms with Gasteiger partial charge in [-0.15, -0.1) is 0 Å². The summed E-state index contributed by atoms with van der Waals surface area (Å²) in [5, 5.41) is 1.27. The molecule has 0 rings (SSSR count). The van der Waals surface area contributed by atoms with Crippen LogP contribution >= 0.6 is 0 Å². The number of hydrogen-bond donors (Lipinski definition) is 1. The van der Waals surface area contributed by atoms with E-state index in [9.17, 15) is 0 Å². The summed E-state index contributed by atoms with van der Waals surface area (Å²) >= 11 is 2.18. The molecule has 0 aromatic rings. The van der Waals surface area contributed by atoms with E-state index in [1.165, 1.54) is 17.9 Å². The zero-order chi connectivity index (χ0) is 4.83. The minimum atomic E-state index is 0.855. The summed E-state index contributed by atoms with van der Waals surface area (Å²) in [5.41, 5.74) is 5.21. The van der Waals surface area contributed by atoms with Gasteiger partial charge in [0.2, 0.25) is 0 Å².